The Kier molecular flexibility index (Phi) is 5.70. The minimum Gasteiger partial charge on any atom is -0.490 e. The molecule has 0 radical (unpaired) electrons. The van der Waals surface area contributed by atoms with Gasteiger partial charge in [-0.15, -0.1) is 0 Å². The molecule has 0 amide bonds. The van der Waals surface area contributed by atoms with E-state index in [0.717, 1.165) is 28.4 Å². The van der Waals surface area contributed by atoms with E-state index in [-0.39, 0.29) is 0 Å². The van der Waals surface area contributed by atoms with Crippen molar-refractivity contribution in [3.05, 3.63) is 53.1 Å². The Hall–Kier alpha value is -2.16. The van der Waals surface area contributed by atoms with E-state index in [1.165, 1.54) is 5.56 Å². The number of benzene rings is 2. The van der Waals surface area contributed by atoms with E-state index in [1.54, 1.807) is 0 Å². The summed E-state index contributed by atoms with van der Waals surface area (Å²) in [4.78, 5) is 0. The van der Waals surface area contributed by atoms with Crippen LogP contribution in [-0.2, 0) is 0 Å². The van der Waals surface area contributed by atoms with Crippen LogP contribution in [0.25, 0.3) is 0 Å². The summed E-state index contributed by atoms with van der Waals surface area (Å²) in [6.07, 6.45) is 0. The van der Waals surface area contributed by atoms with Crippen molar-refractivity contribution >= 4 is 0 Å². The van der Waals surface area contributed by atoms with Crippen molar-refractivity contribution in [2.24, 2.45) is 0 Å². The van der Waals surface area contributed by atoms with Gasteiger partial charge in [0.2, 0.25) is 0 Å². The maximum absolute atomic E-state index is 5.88. The van der Waals surface area contributed by atoms with Crippen molar-refractivity contribution in [1.29, 1.82) is 0 Å². The van der Waals surface area contributed by atoms with Gasteiger partial charge in [0.05, 0.1) is 6.61 Å². The summed E-state index contributed by atoms with van der Waals surface area (Å²) in [5.74, 6) is 2.48. The van der Waals surface area contributed by atoms with E-state index < -0.39 is 0 Å². The van der Waals surface area contributed by atoms with Gasteiger partial charge in [-0.25, -0.2) is 0 Å². The fourth-order valence-electron chi connectivity index (χ4n) is 2.53. The average molecular weight is 300 g/mol. The first kappa shape index (κ1) is 16.2. The Bertz CT molecular complexity index is 597. The molecule has 0 heterocycles. The SMILES string of the molecule is CCOc1ccccc1OCCOc1c(C)cc(C)cc1C. The molecule has 0 spiro atoms. The fourth-order valence-corrected chi connectivity index (χ4v) is 2.53. The van der Waals surface area contributed by atoms with Gasteiger partial charge < -0.3 is 14.2 Å². The molecule has 2 aromatic carbocycles. The zero-order chi connectivity index (χ0) is 15.9. The normalized spacial score (nSPS) is 10.4. The molecule has 0 atom stereocenters. The largest absolute Gasteiger partial charge is 0.490 e. The maximum atomic E-state index is 5.88. The third-order valence-electron chi connectivity index (χ3n) is 3.34. The van der Waals surface area contributed by atoms with Gasteiger partial charge in [-0.2, -0.15) is 0 Å². The minimum absolute atomic E-state index is 0.483. The van der Waals surface area contributed by atoms with Crippen molar-refractivity contribution < 1.29 is 14.2 Å². The van der Waals surface area contributed by atoms with Crippen molar-refractivity contribution in [2.45, 2.75) is 27.7 Å². The number of hydrogen-bond donors (Lipinski definition) is 0. The number of aryl methyl sites for hydroxylation is 3. The van der Waals surface area contributed by atoms with Gasteiger partial charge in [-0.3, -0.25) is 0 Å². The molecule has 0 saturated heterocycles. The molecule has 2 rings (SSSR count). The van der Waals surface area contributed by atoms with Crippen molar-refractivity contribution in [3.8, 4) is 17.2 Å². The van der Waals surface area contributed by atoms with Crippen LogP contribution in [0.5, 0.6) is 17.2 Å². The molecular formula is C19H24O3. The van der Waals surface area contributed by atoms with Gasteiger partial charge >= 0.3 is 0 Å². The highest BCUT2D eigenvalue weighted by Crippen LogP contribution is 2.27. The predicted molar refractivity (Wildman–Crippen MR) is 89.3 cm³/mol. The second-order valence-electron chi connectivity index (χ2n) is 5.30. The van der Waals surface area contributed by atoms with Gasteiger partial charge in [0, 0.05) is 0 Å². The summed E-state index contributed by atoms with van der Waals surface area (Å²) in [6.45, 7) is 9.81. The molecule has 0 bridgehead atoms. The molecular weight excluding hydrogens is 276 g/mol. The monoisotopic (exact) mass is 300 g/mol. The highest BCUT2D eigenvalue weighted by molar-refractivity contribution is 5.43. The lowest BCUT2D eigenvalue weighted by Gasteiger charge is -2.15. The number of ether oxygens (including phenoxy) is 3. The number of hydrogen-bond acceptors (Lipinski definition) is 3. The van der Waals surface area contributed by atoms with Crippen LogP contribution in [0.1, 0.15) is 23.6 Å². The first-order valence-corrected chi connectivity index (χ1v) is 7.67. The molecule has 3 nitrogen and oxygen atoms in total. The van der Waals surface area contributed by atoms with Crippen molar-refractivity contribution in [2.75, 3.05) is 19.8 Å². The Labute approximate surface area is 132 Å². The standard InChI is InChI=1S/C19H24O3/c1-5-20-17-8-6-7-9-18(17)21-10-11-22-19-15(3)12-14(2)13-16(19)4/h6-9,12-13H,5,10-11H2,1-4H3. The van der Waals surface area contributed by atoms with Crippen LogP contribution in [0.4, 0.5) is 0 Å². The molecule has 3 heteroatoms. The number of rotatable bonds is 7. The van der Waals surface area contributed by atoms with Gasteiger partial charge in [0.1, 0.15) is 19.0 Å². The summed E-state index contributed by atoms with van der Waals surface area (Å²) >= 11 is 0. The van der Waals surface area contributed by atoms with Crippen molar-refractivity contribution in [3.63, 3.8) is 0 Å². The average Bonchev–Trinajstić information content (AvgIpc) is 2.47. The summed E-state index contributed by atoms with van der Waals surface area (Å²) in [5.41, 5.74) is 3.57. The van der Waals surface area contributed by atoms with Crippen LogP contribution in [0.15, 0.2) is 36.4 Å². The summed E-state index contributed by atoms with van der Waals surface area (Å²) in [7, 11) is 0. The lowest BCUT2D eigenvalue weighted by Crippen LogP contribution is -2.11. The van der Waals surface area contributed by atoms with Crippen LogP contribution >= 0.6 is 0 Å². The number of para-hydroxylation sites is 2. The molecule has 0 saturated carbocycles. The molecule has 22 heavy (non-hydrogen) atoms. The second-order valence-corrected chi connectivity index (χ2v) is 5.30. The van der Waals surface area contributed by atoms with Crippen LogP contribution < -0.4 is 14.2 Å². The van der Waals surface area contributed by atoms with Crippen LogP contribution in [0.2, 0.25) is 0 Å². The predicted octanol–water partition coefficient (Wildman–Crippen LogP) is 4.47. The zero-order valence-electron chi connectivity index (χ0n) is 13.8. The zero-order valence-corrected chi connectivity index (χ0v) is 13.8. The third kappa shape index (κ3) is 4.17. The third-order valence-corrected chi connectivity index (χ3v) is 3.34. The van der Waals surface area contributed by atoms with Crippen molar-refractivity contribution in [1.82, 2.24) is 0 Å². The smallest absolute Gasteiger partial charge is 0.161 e. The first-order valence-electron chi connectivity index (χ1n) is 7.67. The van der Waals surface area contributed by atoms with E-state index in [9.17, 15) is 0 Å². The molecule has 0 unspecified atom stereocenters. The molecule has 0 aliphatic rings. The van der Waals surface area contributed by atoms with Gasteiger partial charge in [-0.05, 0) is 51.0 Å². The molecule has 0 aromatic heterocycles. The highest BCUT2D eigenvalue weighted by Gasteiger charge is 2.06. The maximum Gasteiger partial charge on any atom is 0.161 e. The quantitative estimate of drug-likeness (QED) is 0.706. The Morgan fingerprint density at radius 3 is 1.91 bits per heavy atom. The lowest BCUT2D eigenvalue weighted by molar-refractivity contribution is 0.207. The molecule has 2 aromatic rings. The summed E-state index contributed by atoms with van der Waals surface area (Å²) in [6, 6.07) is 12.0. The van der Waals surface area contributed by atoms with E-state index in [1.807, 2.05) is 31.2 Å². The fraction of sp³-hybridized carbons (Fsp3) is 0.368. The molecule has 118 valence electrons. The van der Waals surface area contributed by atoms with Crippen LogP contribution in [0, 0.1) is 20.8 Å². The van der Waals surface area contributed by atoms with E-state index >= 15 is 0 Å². The summed E-state index contributed by atoms with van der Waals surface area (Å²) < 4.78 is 17.2. The second kappa shape index (κ2) is 7.74. The molecule has 0 aliphatic carbocycles. The van der Waals surface area contributed by atoms with Gasteiger partial charge in [0.15, 0.2) is 11.5 Å². The minimum atomic E-state index is 0.483. The van der Waals surface area contributed by atoms with E-state index in [4.69, 9.17) is 14.2 Å². The van der Waals surface area contributed by atoms with Crippen LogP contribution in [-0.4, -0.2) is 19.8 Å². The van der Waals surface area contributed by atoms with Gasteiger partial charge in [0.25, 0.3) is 0 Å². The molecule has 0 aliphatic heterocycles. The lowest BCUT2D eigenvalue weighted by atomic mass is 10.1. The highest BCUT2D eigenvalue weighted by atomic mass is 16.5. The summed E-state index contributed by atoms with van der Waals surface area (Å²) in [5, 5.41) is 0. The van der Waals surface area contributed by atoms with Gasteiger partial charge in [-0.1, -0.05) is 29.8 Å². The Morgan fingerprint density at radius 1 is 0.773 bits per heavy atom. The van der Waals surface area contributed by atoms with Crippen LogP contribution in [0.3, 0.4) is 0 Å². The topological polar surface area (TPSA) is 27.7 Å². The Balaban J connectivity index is 1.90. The van der Waals surface area contributed by atoms with E-state index in [0.29, 0.717) is 19.8 Å². The van der Waals surface area contributed by atoms with E-state index in [2.05, 4.69) is 32.9 Å². The Morgan fingerprint density at radius 2 is 1.32 bits per heavy atom. The first-order chi connectivity index (χ1) is 10.6. The molecule has 0 N–H and O–H groups in total. The molecule has 0 fully saturated rings.